The van der Waals surface area contributed by atoms with Crippen LogP contribution in [0.5, 0.6) is 0 Å². The topological polar surface area (TPSA) is 67.3 Å². The minimum absolute atomic E-state index is 0.612. The average Bonchev–Trinajstić information content (AvgIpc) is 3.00. The van der Waals surface area contributed by atoms with Gasteiger partial charge in [-0.1, -0.05) is 41.1 Å². The van der Waals surface area contributed by atoms with Crippen molar-refractivity contribution in [2.75, 3.05) is 0 Å². The van der Waals surface area contributed by atoms with Crippen LogP contribution in [0.3, 0.4) is 0 Å². The molecule has 3 aromatic rings. The van der Waals surface area contributed by atoms with Crippen LogP contribution in [0.1, 0.15) is 0 Å². The Bertz CT molecular complexity index is 634. The van der Waals surface area contributed by atoms with E-state index in [0.29, 0.717) is 15.9 Å². The molecule has 0 aliphatic rings. The van der Waals surface area contributed by atoms with Gasteiger partial charge in [-0.15, -0.1) is 10.2 Å². The molecule has 0 unspecified atom stereocenters. The molecule has 5 nitrogen and oxygen atoms in total. The van der Waals surface area contributed by atoms with Gasteiger partial charge in [-0.05, 0) is 6.07 Å². The highest BCUT2D eigenvalue weighted by molar-refractivity contribution is 7.17. The monoisotopic (exact) mass is 263 g/mol. The summed E-state index contributed by atoms with van der Waals surface area (Å²) < 4.78 is 0. The van der Waals surface area contributed by atoms with Gasteiger partial charge in [0.1, 0.15) is 11.3 Å². The summed E-state index contributed by atoms with van der Waals surface area (Å²) >= 11 is 7.51. The van der Waals surface area contributed by atoms with Gasteiger partial charge < -0.3 is 0 Å². The Balaban J connectivity index is 2.04. The number of hydrogen-bond donors (Lipinski definition) is 1. The van der Waals surface area contributed by atoms with Crippen molar-refractivity contribution in [3.63, 3.8) is 0 Å². The van der Waals surface area contributed by atoms with Gasteiger partial charge in [0.15, 0.2) is 10.8 Å². The Labute approximate surface area is 106 Å². The van der Waals surface area contributed by atoms with E-state index in [2.05, 4.69) is 25.4 Å². The predicted octanol–water partition coefficient (Wildman–Crippen LogP) is 2.64. The van der Waals surface area contributed by atoms with Crippen LogP contribution in [0.15, 0.2) is 30.6 Å². The van der Waals surface area contributed by atoms with Gasteiger partial charge in [0.2, 0.25) is 0 Å². The molecule has 0 radical (unpaired) electrons. The quantitative estimate of drug-likeness (QED) is 0.772. The number of nitrogens with zero attached hydrogens (tertiary/aromatic N) is 4. The highest BCUT2D eigenvalue weighted by Gasteiger charge is 2.12. The van der Waals surface area contributed by atoms with E-state index in [-0.39, 0.29) is 0 Å². The molecule has 0 aliphatic carbocycles. The molecule has 1 N–H and O–H groups in total. The Kier molecular flexibility index (Phi) is 2.58. The first-order valence-corrected chi connectivity index (χ1v) is 5.98. The molecule has 0 saturated carbocycles. The third-order valence-electron chi connectivity index (χ3n) is 2.15. The molecule has 2 heterocycles. The highest BCUT2D eigenvalue weighted by Crippen LogP contribution is 2.32. The normalized spacial score (nSPS) is 10.6. The smallest absolute Gasteiger partial charge is 0.186 e. The lowest BCUT2D eigenvalue weighted by molar-refractivity contribution is 1.06. The predicted molar refractivity (Wildman–Crippen MR) is 65.7 cm³/mol. The Morgan fingerprint density at radius 2 is 1.94 bits per heavy atom. The van der Waals surface area contributed by atoms with Gasteiger partial charge in [-0.2, -0.15) is 5.10 Å². The molecule has 2 aromatic heterocycles. The second kappa shape index (κ2) is 4.23. The Hall–Kier alpha value is -1.79. The van der Waals surface area contributed by atoms with Gasteiger partial charge >= 0.3 is 0 Å². The maximum Gasteiger partial charge on any atom is 0.186 e. The van der Waals surface area contributed by atoms with Crippen LogP contribution in [0.25, 0.3) is 21.4 Å². The summed E-state index contributed by atoms with van der Waals surface area (Å²) in [6, 6.07) is 7.53. The zero-order valence-electron chi connectivity index (χ0n) is 8.46. The van der Waals surface area contributed by atoms with Crippen LogP contribution in [-0.4, -0.2) is 25.4 Å². The van der Waals surface area contributed by atoms with Crippen molar-refractivity contribution in [2.45, 2.75) is 0 Å². The molecule has 17 heavy (non-hydrogen) atoms. The fourth-order valence-electron chi connectivity index (χ4n) is 1.37. The Morgan fingerprint density at radius 1 is 1.12 bits per heavy atom. The van der Waals surface area contributed by atoms with E-state index in [4.69, 9.17) is 11.6 Å². The third kappa shape index (κ3) is 1.92. The van der Waals surface area contributed by atoms with Crippen LogP contribution >= 0.6 is 22.9 Å². The number of aromatic nitrogens is 5. The molecular weight excluding hydrogens is 258 g/mol. The van der Waals surface area contributed by atoms with Crippen LogP contribution in [-0.2, 0) is 0 Å². The third-order valence-corrected chi connectivity index (χ3v) is 3.44. The molecule has 7 heteroatoms. The number of hydrogen-bond acceptors (Lipinski definition) is 5. The van der Waals surface area contributed by atoms with E-state index >= 15 is 0 Å². The SMILES string of the molecule is Clc1ccccc1-c1nnc(-c2ncn[nH]2)s1. The Morgan fingerprint density at radius 3 is 2.71 bits per heavy atom. The largest absolute Gasteiger partial charge is 0.257 e. The summed E-state index contributed by atoms with van der Waals surface area (Å²) in [5, 5.41) is 16.8. The average molecular weight is 264 g/mol. The molecule has 3 rings (SSSR count). The molecule has 0 bridgehead atoms. The number of halogens is 1. The molecule has 0 aliphatic heterocycles. The summed E-state index contributed by atoms with van der Waals surface area (Å²) in [4.78, 5) is 4.02. The first-order chi connectivity index (χ1) is 8.34. The number of H-pyrrole nitrogens is 1. The molecule has 0 atom stereocenters. The summed E-state index contributed by atoms with van der Waals surface area (Å²) in [5.74, 6) is 0.612. The molecule has 0 spiro atoms. The zero-order chi connectivity index (χ0) is 11.7. The van der Waals surface area contributed by atoms with Gasteiger partial charge in [0.05, 0.1) is 5.02 Å². The number of rotatable bonds is 2. The fourth-order valence-corrected chi connectivity index (χ4v) is 2.48. The van der Waals surface area contributed by atoms with E-state index in [1.807, 2.05) is 24.3 Å². The molecule has 1 aromatic carbocycles. The molecule has 0 fully saturated rings. The first kappa shape index (κ1) is 10.4. The van der Waals surface area contributed by atoms with Crippen molar-refractivity contribution in [1.29, 1.82) is 0 Å². The van der Waals surface area contributed by atoms with Gasteiger partial charge in [0, 0.05) is 5.56 Å². The molecule has 0 saturated heterocycles. The van der Waals surface area contributed by atoms with Crippen LogP contribution in [0.4, 0.5) is 0 Å². The van der Waals surface area contributed by atoms with Gasteiger partial charge in [0.25, 0.3) is 0 Å². The fraction of sp³-hybridized carbons (Fsp3) is 0. The minimum atomic E-state index is 0.612. The standard InChI is InChI=1S/C10H6ClN5S/c11-7-4-2-1-3-6(7)9-15-16-10(17-9)8-12-5-13-14-8/h1-5H,(H,12,13,14). The molecular formula is C10H6ClN5S. The van der Waals surface area contributed by atoms with Crippen molar-refractivity contribution >= 4 is 22.9 Å². The molecule has 0 amide bonds. The van der Waals surface area contributed by atoms with Gasteiger partial charge in [-0.3, -0.25) is 5.10 Å². The van der Waals surface area contributed by atoms with Crippen molar-refractivity contribution in [3.8, 4) is 21.4 Å². The molecule has 84 valence electrons. The highest BCUT2D eigenvalue weighted by atomic mass is 35.5. The van der Waals surface area contributed by atoms with E-state index in [0.717, 1.165) is 10.6 Å². The second-order valence-corrected chi connectivity index (χ2v) is 4.61. The van der Waals surface area contributed by atoms with Gasteiger partial charge in [-0.25, -0.2) is 4.98 Å². The van der Waals surface area contributed by atoms with Crippen molar-refractivity contribution < 1.29 is 0 Å². The maximum atomic E-state index is 6.10. The maximum absolute atomic E-state index is 6.10. The summed E-state index contributed by atoms with van der Waals surface area (Å²) in [7, 11) is 0. The zero-order valence-corrected chi connectivity index (χ0v) is 10.0. The summed E-state index contributed by atoms with van der Waals surface area (Å²) in [5.41, 5.74) is 0.873. The lowest BCUT2D eigenvalue weighted by Crippen LogP contribution is -1.79. The van der Waals surface area contributed by atoms with Crippen molar-refractivity contribution in [3.05, 3.63) is 35.6 Å². The lowest BCUT2D eigenvalue weighted by Gasteiger charge is -1.96. The lowest BCUT2D eigenvalue weighted by atomic mass is 10.2. The van der Waals surface area contributed by atoms with E-state index in [9.17, 15) is 0 Å². The second-order valence-electron chi connectivity index (χ2n) is 3.23. The van der Waals surface area contributed by atoms with E-state index in [1.165, 1.54) is 17.7 Å². The number of aromatic amines is 1. The number of nitrogens with one attached hydrogen (secondary N) is 1. The minimum Gasteiger partial charge on any atom is -0.257 e. The van der Waals surface area contributed by atoms with Crippen LogP contribution in [0.2, 0.25) is 5.02 Å². The van der Waals surface area contributed by atoms with Crippen LogP contribution < -0.4 is 0 Å². The summed E-state index contributed by atoms with van der Waals surface area (Å²) in [6.07, 6.45) is 1.44. The van der Waals surface area contributed by atoms with E-state index < -0.39 is 0 Å². The van der Waals surface area contributed by atoms with Crippen LogP contribution in [0, 0.1) is 0 Å². The van der Waals surface area contributed by atoms with E-state index in [1.54, 1.807) is 0 Å². The number of benzene rings is 1. The van der Waals surface area contributed by atoms with Crippen molar-refractivity contribution in [1.82, 2.24) is 25.4 Å². The first-order valence-electron chi connectivity index (χ1n) is 4.79. The summed E-state index contributed by atoms with van der Waals surface area (Å²) in [6.45, 7) is 0. The van der Waals surface area contributed by atoms with Crippen molar-refractivity contribution in [2.24, 2.45) is 0 Å².